The molecule has 0 spiro atoms. The number of ether oxygens (including phenoxy) is 1. The molecule has 82 valence electrons. The molecule has 0 radical (unpaired) electrons. The zero-order valence-electron chi connectivity index (χ0n) is 8.64. The first-order chi connectivity index (χ1) is 7.65. The van der Waals surface area contributed by atoms with E-state index in [1.165, 1.54) is 0 Å². The molecule has 0 saturated carbocycles. The third-order valence-electron chi connectivity index (χ3n) is 1.93. The number of nitrogen functional groups attached to an aromatic ring is 1. The van der Waals surface area contributed by atoms with Crippen molar-refractivity contribution < 1.29 is 4.74 Å². The second-order valence-corrected chi connectivity index (χ2v) is 4.24. The van der Waals surface area contributed by atoms with Crippen LogP contribution in [0.3, 0.4) is 0 Å². The quantitative estimate of drug-likeness (QED) is 0.859. The Morgan fingerprint density at radius 1 is 1.25 bits per heavy atom. The van der Waals surface area contributed by atoms with Crippen LogP contribution in [-0.4, -0.2) is 9.97 Å². The van der Waals surface area contributed by atoms with Crippen LogP contribution in [-0.2, 0) is 0 Å². The number of rotatable bonds is 2. The van der Waals surface area contributed by atoms with Crippen molar-refractivity contribution in [1.82, 2.24) is 9.97 Å². The molecule has 0 aliphatic carbocycles. The lowest BCUT2D eigenvalue weighted by atomic mass is 10.3. The van der Waals surface area contributed by atoms with Crippen molar-refractivity contribution >= 4 is 21.6 Å². The number of nitrogens with two attached hydrogens (primary N) is 1. The molecule has 0 aliphatic heterocycles. The van der Waals surface area contributed by atoms with E-state index in [0.29, 0.717) is 17.4 Å². The molecule has 5 heteroatoms. The van der Waals surface area contributed by atoms with E-state index in [4.69, 9.17) is 10.5 Å². The van der Waals surface area contributed by atoms with E-state index in [-0.39, 0.29) is 0 Å². The van der Waals surface area contributed by atoms with E-state index in [0.717, 1.165) is 10.0 Å². The van der Waals surface area contributed by atoms with E-state index in [9.17, 15) is 0 Å². The van der Waals surface area contributed by atoms with Crippen LogP contribution in [0, 0.1) is 6.92 Å². The van der Waals surface area contributed by atoms with E-state index < -0.39 is 0 Å². The fraction of sp³-hybridized carbons (Fsp3) is 0.0909. The topological polar surface area (TPSA) is 61.0 Å². The maximum absolute atomic E-state index is 5.79. The Balaban J connectivity index is 2.23. The number of aromatic nitrogens is 2. The number of anilines is 1. The fourth-order valence-corrected chi connectivity index (χ4v) is 1.52. The molecule has 0 unspecified atom stereocenters. The van der Waals surface area contributed by atoms with Gasteiger partial charge >= 0.3 is 6.01 Å². The first kappa shape index (κ1) is 10.9. The Morgan fingerprint density at radius 3 is 2.56 bits per heavy atom. The Labute approximate surface area is 102 Å². The highest BCUT2D eigenvalue weighted by molar-refractivity contribution is 9.10. The van der Waals surface area contributed by atoms with Crippen molar-refractivity contribution in [3.05, 3.63) is 40.6 Å². The fourth-order valence-electron chi connectivity index (χ4n) is 1.14. The zero-order valence-corrected chi connectivity index (χ0v) is 10.2. The van der Waals surface area contributed by atoms with Crippen molar-refractivity contribution in [2.24, 2.45) is 0 Å². The highest BCUT2D eigenvalue weighted by atomic mass is 79.9. The van der Waals surface area contributed by atoms with Crippen LogP contribution in [0.2, 0.25) is 0 Å². The average molecular weight is 280 g/mol. The highest BCUT2D eigenvalue weighted by Gasteiger charge is 2.04. The SMILES string of the molecule is Cc1cnc(Oc2ccc(Br)cc2N)nc1. The Kier molecular flexibility index (Phi) is 3.05. The summed E-state index contributed by atoms with van der Waals surface area (Å²) in [5, 5.41) is 0. The molecule has 0 atom stereocenters. The van der Waals surface area contributed by atoms with Crippen molar-refractivity contribution in [1.29, 1.82) is 0 Å². The van der Waals surface area contributed by atoms with Gasteiger partial charge in [0.25, 0.3) is 0 Å². The van der Waals surface area contributed by atoms with Gasteiger partial charge in [-0.05, 0) is 30.7 Å². The largest absolute Gasteiger partial charge is 0.422 e. The maximum atomic E-state index is 5.79. The maximum Gasteiger partial charge on any atom is 0.321 e. The van der Waals surface area contributed by atoms with Crippen LogP contribution in [0.25, 0.3) is 0 Å². The molecule has 0 fully saturated rings. The Bertz CT molecular complexity index is 499. The number of hydrogen-bond acceptors (Lipinski definition) is 4. The molecule has 4 nitrogen and oxygen atoms in total. The van der Waals surface area contributed by atoms with Gasteiger partial charge in [0, 0.05) is 16.9 Å². The van der Waals surface area contributed by atoms with Gasteiger partial charge in [0.15, 0.2) is 5.75 Å². The van der Waals surface area contributed by atoms with Gasteiger partial charge in [-0.3, -0.25) is 0 Å². The van der Waals surface area contributed by atoms with Gasteiger partial charge in [-0.2, -0.15) is 0 Å². The molecule has 16 heavy (non-hydrogen) atoms. The van der Waals surface area contributed by atoms with Crippen LogP contribution in [0.5, 0.6) is 11.8 Å². The minimum Gasteiger partial charge on any atom is -0.422 e. The second kappa shape index (κ2) is 4.49. The predicted octanol–water partition coefficient (Wildman–Crippen LogP) is 2.92. The Hall–Kier alpha value is -1.62. The molecule has 0 aliphatic rings. The van der Waals surface area contributed by atoms with Crippen molar-refractivity contribution in [2.75, 3.05) is 5.73 Å². The minimum absolute atomic E-state index is 0.291. The summed E-state index contributed by atoms with van der Waals surface area (Å²) in [6, 6.07) is 5.67. The van der Waals surface area contributed by atoms with Gasteiger partial charge < -0.3 is 10.5 Å². The van der Waals surface area contributed by atoms with Gasteiger partial charge in [0.1, 0.15) is 0 Å². The monoisotopic (exact) mass is 279 g/mol. The molecule has 2 N–H and O–H groups in total. The van der Waals surface area contributed by atoms with Crippen LogP contribution in [0.1, 0.15) is 5.56 Å². The Morgan fingerprint density at radius 2 is 1.94 bits per heavy atom. The summed E-state index contributed by atoms with van der Waals surface area (Å²) in [6.07, 6.45) is 3.38. The molecule has 0 bridgehead atoms. The van der Waals surface area contributed by atoms with E-state index in [2.05, 4.69) is 25.9 Å². The molecule has 1 heterocycles. The lowest BCUT2D eigenvalue weighted by Gasteiger charge is -2.06. The van der Waals surface area contributed by atoms with Gasteiger partial charge in [0.2, 0.25) is 0 Å². The van der Waals surface area contributed by atoms with E-state index in [1.807, 2.05) is 13.0 Å². The average Bonchev–Trinajstić information content (AvgIpc) is 2.25. The third kappa shape index (κ3) is 2.49. The summed E-state index contributed by atoms with van der Waals surface area (Å²) in [5.74, 6) is 0.548. The van der Waals surface area contributed by atoms with E-state index in [1.54, 1.807) is 24.5 Å². The van der Waals surface area contributed by atoms with Crippen LogP contribution < -0.4 is 10.5 Å². The number of benzene rings is 1. The van der Waals surface area contributed by atoms with Crippen molar-refractivity contribution in [2.45, 2.75) is 6.92 Å². The molecule has 2 aromatic rings. The summed E-state index contributed by atoms with van der Waals surface area (Å²) in [7, 11) is 0. The van der Waals surface area contributed by atoms with Gasteiger partial charge in [-0.1, -0.05) is 15.9 Å². The predicted molar refractivity (Wildman–Crippen MR) is 65.4 cm³/mol. The minimum atomic E-state index is 0.291. The highest BCUT2D eigenvalue weighted by Crippen LogP contribution is 2.27. The molecular weight excluding hydrogens is 270 g/mol. The zero-order chi connectivity index (χ0) is 11.5. The summed E-state index contributed by atoms with van der Waals surface area (Å²) in [5.41, 5.74) is 7.31. The number of aryl methyl sites for hydroxylation is 1. The lowest BCUT2D eigenvalue weighted by Crippen LogP contribution is -1.95. The van der Waals surface area contributed by atoms with Crippen LogP contribution >= 0.6 is 15.9 Å². The van der Waals surface area contributed by atoms with Crippen LogP contribution in [0.15, 0.2) is 35.1 Å². The molecule has 1 aromatic heterocycles. The third-order valence-corrected chi connectivity index (χ3v) is 2.42. The molecular formula is C11H10BrN3O. The normalized spacial score (nSPS) is 10.1. The standard InChI is InChI=1S/C11H10BrN3O/c1-7-5-14-11(15-6-7)16-10-3-2-8(12)4-9(10)13/h2-6H,13H2,1H3. The summed E-state index contributed by atoms with van der Waals surface area (Å²) in [6.45, 7) is 1.91. The van der Waals surface area contributed by atoms with Gasteiger partial charge in [-0.25, -0.2) is 9.97 Å². The number of halogens is 1. The lowest BCUT2D eigenvalue weighted by molar-refractivity contribution is 0.443. The first-order valence-electron chi connectivity index (χ1n) is 4.66. The number of hydrogen-bond donors (Lipinski definition) is 1. The molecule has 2 rings (SSSR count). The van der Waals surface area contributed by atoms with E-state index >= 15 is 0 Å². The molecule has 1 aromatic carbocycles. The van der Waals surface area contributed by atoms with Gasteiger partial charge in [-0.15, -0.1) is 0 Å². The van der Waals surface area contributed by atoms with Crippen molar-refractivity contribution in [3.8, 4) is 11.8 Å². The molecule has 0 saturated heterocycles. The smallest absolute Gasteiger partial charge is 0.321 e. The first-order valence-corrected chi connectivity index (χ1v) is 5.46. The van der Waals surface area contributed by atoms with Gasteiger partial charge in [0.05, 0.1) is 5.69 Å². The summed E-state index contributed by atoms with van der Waals surface area (Å²) >= 11 is 3.32. The number of nitrogens with zero attached hydrogens (tertiary/aromatic N) is 2. The summed E-state index contributed by atoms with van der Waals surface area (Å²) < 4.78 is 6.36. The second-order valence-electron chi connectivity index (χ2n) is 3.33. The summed E-state index contributed by atoms with van der Waals surface area (Å²) in [4.78, 5) is 8.07. The molecule has 0 amide bonds. The van der Waals surface area contributed by atoms with Crippen molar-refractivity contribution in [3.63, 3.8) is 0 Å². The van der Waals surface area contributed by atoms with Crippen LogP contribution in [0.4, 0.5) is 5.69 Å².